The summed E-state index contributed by atoms with van der Waals surface area (Å²) in [7, 11) is -1.91. The van der Waals surface area contributed by atoms with E-state index >= 15 is 0 Å². The molecule has 2 N–H and O–H groups in total. The van der Waals surface area contributed by atoms with Crippen LogP contribution in [0.2, 0.25) is 0 Å². The van der Waals surface area contributed by atoms with Crippen LogP contribution in [-0.4, -0.2) is 21.5 Å². The van der Waals surface area contributed by atoms with Crippen LogP contribution in [0.5, 0.6) is 0 Å². The third-order valence-corrected chi connectivity index (χ3v) is 4.61. The molecular formula is C12H18N2O2S. The zero-order chi connectivity index (χ0) is 12.5. The molecule has 0 saturated heterocycles. The number of sulfonamides is 1. The fourth-order valence-electron chi connectivity index (χ4n) is 2.10. The Bertz CT molecular complexity index is 476. The number of rotatable bonds is 4. The lowest BCUT2D eigenvalue weighted by atomic mass is 9.82. The van der Waals surface area contributed by atoms with Gasteiger partial charge in [-0.1, -0.05) is 6.92 Å². The number of hydrogen-bond donors (Lipinski definition) is 2. The number of benzene rings is 1. The summed E-state index contributed by atoms with van der Waals surface area (Å²) in [6.45, 7) is 2.24. The van der Waals surface area contributed by atoms with Gasteiger partial charge in [-0.3, -0.25) is 0 Å². The first-order chi connectivity index (χ1) is 8.01. The molecule has 0 atom stereocenters. The van der Waals surface area contributed by atoms with Gasteiger partial charge in [0.25, 0.3) is 0 Å². The van der Waals surface area contributed by atoms with Gasteiger partial charge >= 0.3 is 0 Å². The van der Waals surface area contributed by atoms with Gasteiger partial charge in [-0.05, 0) is 50.1 Å². The summed E-state index contributed by atoms with van der Waals surface area (Å²) in [4.78, 5) is 0.299. The van der Waals surface area contributed by atoms with Crippen LogP contribution in [0.15, 0.2) is 29.2 Å². The maximum Gasteiger partial charge on any atom is 0.240 e. The Morgan fingerprint density at radius 3 is 2.24 bits per heavy atom. The molecule has 94 valence electrons. The van der Waals surface area contributed by atoms with Gasteiger partial charge in [0, 0.05) is 11.7 Å². The zero-order valence-corrected chi connectivity index (χ0v) is 10.9. The molecule has 1 aliphatic rings. The first kappa shape index (κ1) is 12.4. The van der Waals surface area contributed by atoms with E-state index in [1.54, 1.807) is 12.1 Å². The third-order valence-electron chi connectivity index (χ3n) is 3.18. The maximum absolute atomic E-state index is 11.5. The zero-order valence-electron chi connectivity index (χ0n) is 10.1. The van der Waals surface area contributed by atoms with Crippen molar-refractivity contribution in [2.75, 3.05) is 12.4 Å². The highest BCUT2D eigenvalue weighted by Gasteiger charge is 2.24. The molecule has 0 amide bonds. The Morgan fingerprint density at radius 1 is 1.18 bits per heavy atom. The lowest BCUT2D eigenvalue weighted by Crippen LogP contribution is -2.33. The van der Waals surface area contributed by atoms with Crippen molar-refractivity contribution in [2.45, 2.75) is 30.7 Å². The van der Waals surface area contributed by atoms with Crippen LogP contribution >= 0.6 is 0 Å². The predicted molar refractivity (Wildman–Crippen MR) is 68.5 cm³/mol. The molecule has 1 fully saturated rings. The van der Waals surface area contributed by atoms with Crippen molar-refractivity contribution in [1.29, 1.82) is 0 Å². The SMILES string of the molecule is CNS(=O)(=O)c1ccc(NC2CC(C)C2)cc1. The number of hydrogen-bond acceptors (Lipinski definition) is 3. The number of anilines is 1. The van der Waals surface area contributed by atoms with Gasteiger partial charge in [0.1, 0.15) is 0 Å². The van der Waals surface area contributed by atoms with Crippen molar-refractivity contribution in [1.82, 2.24) is 4.72 Å². The molecular weight excluding hydrogens is 236 g/mol. The van der Waals surface area contributed by atoms with Crippen molar-refractivity contribution in [3.8, 4) is 0 Å². The Morgan fingerprint density at radius 2 is 1.76 bits per heavy atom. The summed E-state index contributed by atoms with van der Waals surface area (Å²) in [5, 5.41) is 3.39. The van der Waals surface area contributed by atoms with Crippen LogP contribution in [0, 0.1) is 5.92 Å². The van der Waals surface area contributed by atoms with E-state index in [1.165, 1.54) is 19.9 Å². The normalized spacial score (nSPS) is 24.1. The summed E-state index contributed by atoms with van der Waals surface area (Å²) >= 11 is 0. The molecule has 1 aliphatic carbocycles. The molecule has 0 aromatic heterocycles. The van der Waals surface area contributed by atoms with Crippen LogP contribution in [0.4, 0.5) is 5.69 Å². The Kier molecular flexibility index (Phi) is 3.40. The first-order valence-electron chi connectivity index (χ1n) is 5.81. The summed E-state index contributed by atoms with van der Waals surface area (Å²) in [6.07, 6.45) is 2.38. The molecule has 0 unspecified atom stereocenters. The Hall–Kier alpha value is -1.07. The summed E-state index contributed by atoms with van der Waals surface area (Å²) in [5.41, 5.74) is 0.983. The van der Waals surface area contributed by atoms with E-state index in [2.05, 4.69) is 17.0 Å². The van der Waals surface area contributed by atoms with E-state index in [4.69, 9.17) is 0 Å². The summed E-state index contributed by atoms with van der Waals surface area (Å²) in [5.74, 6) is 0.802. The maximum atomic E-state index is 11.5. The minimum atomic E-state index is -3.32. The van der Waals surface area contributed by atoms with E-state index in [0.717, 1.165) is 11.6 Å². The molecule has 2 rings (SSSR count). The lowest BCUT2D eigenvalue weighted by molar-refractivity contribution is 0.309. The van der Waals surface area contributed by atoms with Crippen molar-refractivity contribution in [2.24, 2.45) is 5.92 Å². The van der Waals surface area contributed by atoms with Crippen LogP contribution in [0.1, 0.15) is 19.8 Å². The average Bonchev–Trinajstić information content (AvgIpc) is 2.28. The number of nitrogens with one attached hydrogen (secondary N) is 2. The summed E-state index contributed by atoms with van der Waals surface area (Å²) in [6, 6.07) is 7.41. The summed E-state index contributed by atoms with van der Waals surface area (Å²) < 4.78 is 25.3. The third kappa shape index (κ3) is 2.79. The van der Waals surface area contributed by atoms with Crippen molar-refractivity contribution in [3.63, 3.8) is 0 Å². The van der Waals surface area contributed by atoms with Crippen LogP contribution in [0.3, 0.4) is 0 Å². The lowest BCUT2D eigenvalue weighted by Gasteiger charge is -2.34. The van der Waals surface area contributed by atoms with E-state index in [0.29, 0.717) is 10.9 Å². The smallest absolute Gasteiger partial charge is 0.240 e. The van der Waals surface area contributed by atoms with Gasteiger partial charge in [0.05, 0.1) is 4.90 Å². The van der Waals surface area contributed by atoms with Gasteiger partial charge in [0.15, 0.2) is 0 Å². The molecule has 0 bridgehead atoms. The molecule has 1 saturated carbocycles. The van der Waals surface area contributed by atoms with Crippen molar-refractivity contribution >= 4 is 15.7 Å². The monoisotopic (exact) mass is 254 g/mol. The van der Waals surface area contributed by atoms with Gasteiger partial charge < -0.3 is 5.32 Å². The van der Waals surface area contributed by atoms with Gasteiger partial charge in [-0.15, -0.1) is 0 Å². The second-order valence-electron chi connectivity index (χ2n) is 4.65. The molecule has 0 radical (unpaired) electrons. The van der Waals surface area contributed by atoms with Crippen molar-refractivity contribution in [3.05, 3.63) is 24.3 Å². The van der Waals surface area contributed by atoms with Gasteiger partial charge in [-0.25, -0.2) is 13.1 Å². The fourth-order valence-corrected chi connectivity index (χ4v) is 2.83. The molecule has 0 aliphatic heterocycles. The second kappa shape index (κ2) is 4.66. The van der Waals surface area contributed by atoms with E-state index in [9.17, 15) is 8.42 Å². The highest BCUT2D eigenvalue weighted by molar-refractivity contribution is 7.89. The van der Waals surface area contributed by atoms with Crippen LogP contribution in [0.25, 0.3) is 0 Å². The largest absolute Gasteiger partial charge is 0.382 e. The Labute approximate surface area is 102 Å². The Balaban J connectivity index is 2.03. The highest BCUT2D eigenvalue weighted by Crippen LogP contribution is 2.29. The molecule has 1 aromatic rings. The minimum Gasteiger partial charge on any atom is -0.382 e. The average molecular weight is 254 g/mol. The molecule has 0 spiro atoms. The quantitative estimate of drug-likeness (QED) is 0.861. The van der Waals surface area contributed by atoms with E-state index in [1.807, 2.05) is 12.1 Å². The molecule has 1 aromatic carbocycles. The van der Waals surface area contributed by atoms with E-state index < -0.39 is 10.0 Å². The predicted octanol–water partition coefficient (Wildman–Crippen LogP) is 1.81. The molecule has 5 heteroatoms. The van der Waals surface area contributed by atoms with Crippen molar-refractivity contribution < 1.29 is 8.42 Å². The minimum absolute atomic E-state index is 0.299. The van der Waals surface area contributed by atoms with Crippen LogP contribution in [-0.2, 0) is 10.0 Å². The molecule has 4 nitrogen and oxygen atoms in total. The second-order valence-corrected chi connectivity index (χ2v) is 6.54. The standard InChI is InChI=1S/C12H18N2O2S/c1-9-7-11(8-9)14-10-3-5-12(6-4-10)17(15,16)13-2/h3-6,9,11,13-14H,7-8H2,1-2H3. The highest BCUT2D eigenvalue weighted by atomic mass is 32.2. The first-order valence-corrected chi connectivity index (χ1v) is 7.30. The molecule has 0 heterocycles. The van der Waals surface area contributed by atoms with Gasteiger partial charge in [-0.2, -0.15) is 0 Å². The fraction of sp³-hybridized carbons (Fsp3) is 0.500. The molecule has 17 heavy (non-hydrogen) atoms. The topological polar surface area (TPSA) is 58.2 Å². The van der Waals surface area contributed by atoms with Gasteiger partial charge in [0.2, 0.25) is 10.0 Å². The van der Waals surface area contributed by atoms with E-state index in [-0.39, 0.29) is 0 Å². The van der Waals surface area contributed by atoms with Crippen LogP contribution < -0.4 is 10.0 Å².